The van der Waals surface area contributed by atoms with Crippen molar-refractivity contribution in [2.75, 3.05) is 19.7 Å². The van der Waals surface area contributed by atoms with Crippen LogP contribution < -0.4 is 0 Å². The van der Waals surface area contributed by atoms with Gasteiger partial charge in [-0.15, -0.1) is 0 Å². The Morgan fingerprint density at radius 1 is 1.22 bits per heavy atom. The molecule has 1 aromatic carbocycles. The molecule has 5 heteroatoms. The minimum Gasteiger partial charge on any atom is -0.481 e. The number of amides is 1. The van der Waals surface area contributed by atoms with Crippen molar-refractivity contribution >= 4 is 11.9 Å². The van der Waals surface area contributed by atoms with Crippen molar-refractivity contribution in [3.05, 3.63) is 35.9 Å². The van der Waals surface area contributed by atoms with Gasteiger partial charge in [-0.1, -0.05) is 30.3 Å². The molecule has 0 saturated carbocycles. The first-order chi connectivity index (χ1) is 11.1. The second-order valence-electron chi connectivity index (χ2n) is 6.43. The normalized spacial score (nSPS) is 27.3. The van der Waals surface area contributed by atoms with Gasteiger partial charge in [-0.2, -0.15) is 0 Å². The van der Waals surface area contributed by atoms with Gasteiger partial charge in [-0.3, -0.25) is 9.59 Å². The highest BCUT2D eigenvalue weighted by Gasteiger charge is 2.40. The number of aliphatic carboxylic acids is 1. The number of rotatable bonds is 5. The first-order valence-corrected chi connectivity index (χ1v) is 8.32. The maximum atomic E-state index is 12.4. The molecule has 0 spiro atoms. The molecule has 124 valence electrons. The van der Waals surface area contributed by atoms with Gasteiger partial charge < -0.3 is 14.7 Å². The van der Waals surface area contributed by atoms with Crippen LogP contribution in [0.2, 0.25) is 0 Å². The highest BCUT2D eigenvalue weighted by Crippen LogP contribution is 2.33. The summed E-state index contributed by atoms with van der Waals surface area (Å²) < 4.78 is 5.55. The predicted octanol–water partition coefficient (Wildman–Crippen LogP) is 2.27. The van der Waals surface area contributed by atoms with E-state index in [1.54, 1.807) is 4.90 Å². The third kappa shape index (κ3) is 3.72. The zero-order valence-corrected chi connectivity index (χ0v) is 13.2. The quantitative estimate of drug-likeness (QED) is 0.904. The number of carboxylic acid groups (broad SMARTS) is 1. The van der Waals surface area contributed by atoms with Gasteiger partial charge >= 0.3 is 5.97 Å². The van der Waals surface area contributed by atoms with Crippen LogP contribution in [0.3, 0.4) is 0 Å². The Bertz CT molecular complexity index is 553. The van der Waals surface area contributed by atoms with Crippen molar-refractivity contribution in [2.24, 2.45) is 5.92 Å². The lowest BCUT2D eigenvalue weighted by atomic mass is 9.89. The van der Waals surface area contributed by atoms with E-state index < -0.39 is 11.9 Å². The van der Waals surface area contributed by atoms with Gasteiger partial charge in [0.2, 0.25) is 5.91 Å². The third-order valence-corrected chi connectivity index (χ3v) is 4.92. The fourth-order valence-corrected chi connectivity index (χ4v) is 3.61. The van der Waals surface area contributed by atoms with Gasteiger partial charge in [0.15, 0.2) is 0 Å². The zero-order valence-electron chi connectivity index (χ0n) is 13.2. The molecule has 2 fully saturated rings. The number of carbonyl (C=O) groups is 2. The van der Waals surface area contributed by atoms with E-state index in [9.17, 15) is 14.7 Å². The minimum absolute atomic E-state index is 0.0465. The van der Waals surface area contributed by atoms with E-state index in [0.29, 0.717) is 19.5 Å². The van der Waals surface area contributed by atoms with Gasteiger partial charge in [0, 0.05) is 32.0 Å². The van der Waals surface area contributed by atoms with Crippen molar-refractivity contribution in [3.63, 3.8) is 0 Å². The Hall–Kier alpha value is -1.88. The van der Waals surface area contributed by atoms with Crippen LogP contribution in [-0.4, -0.2) is 47.7 Å². The van der Waals surface area contributed by atoms with Crippen molar-refractivity contribution in [3.8, 4) is 0 Å². The minimum atomic E-state index is -0.826. The average Bonchev–Trinajstić information content (AvgIpc) is 3.23. The van der Waals surface area contributed by atoms with Crippen molar-refractivity contribution < 1.29 is 19.4 Å². The summed E-state index contributed by atoms with van der Waals surface area (Å²) in [6.45, 7) is 1.59. The number of benzene rings is 1. The van der Waals surface area contributed by atoms with Crippen LogP contribution in [0, 0.1) is 5.92 Å². The Labute approximate surface area is 136 Å². The Morgan fingerprint density at radius 2 is 2.00 bits per heavy atom. The standard InChI is InChI=1S/C18H23NO4/c20-17(9-8-14-7-4-10-23-14)19-11-15(16(12-19)18(21)22)13-5-2-1-3-6-13/h1-3,5-6,14-16H,4,7-12H2,(H,21,22)/t14?,15-,16-/m1/s1. The van der Waals surface area contributed by atoms with Crippen LogP contribution >= 0.6 is 0 Å². The molecule has 5 nitrogen and oxygen atoms in total. The van der Waals surface area contributed by atoms with E-state index in [1.807, 2.05) is 30.3 Å². The van der Waals surface area contributed by atoms with Gasteiger partial charge in [-0.25, -0.2) is 0 Å². The molecule has 2 aliphatic rings. The van der Waals surface area contributed by atoms with Crippen LogP contribution in [0.1, 0.15) is 37.2 Å². The molecule has 1 N–H and O–H groups in total. The van der Waals surface area contributed by atoms with E-state index >= 15 is 0 Å². The smallest absolute Gasteiger partial charge is 0.308 e. The molecule has 0 radical (unpaired) electrons. The monoisotopic (exact) mass is 317 g/mol. The lowest BCUT2D eigenvalue weighted by molar-refractivity contribution is -0.141. The van der Waals surface area contributed by atoms with E-state index in [-0.39, 0.29) is 17.9 Å². The van der Waals surface area contributed by atoms with Crippen LogP contribution in [0.4, 0.5) is 0 Å². The predicted molar refractivity (Wildman–Crippen MR) is 85.1 cm³/mol. The van der Waals surface area contributed by atoms with Gasteiger partial charge in [0.05, 0.1) is 12.0 Å². The number of nitrogens with zero attached hydrogens (tertiary/aromatic N) is 1. The molecule has 3 atom stereocenters. The number of hydrogen-bond donors (Lipinski definition) is 1. The maximum Gasteiger partial charge on any atom is 0.308 e. The fourth-order valence-electron chi connectivity index (χ4n) is 3.61. The summed E-state index contributed by atoms with van der Waals surface area (Å²) in [7, 11) is 0. The van der Waals surface area contributed by atoms with Gasteiger partial charge in [0.1, 0.15) is 0 Å². The second-order valence-corrected chi connectivity index (χ2v) is 6.43. The van der Waals surface area contributed by atoms with Crippen LogP contribution in [0.15, 0.2) is 30.3 Å². The number of likely N-dealkylation sites (tertiary alicyclic amines) is 1. The Balaban J connectivity index is 1.62. The van der Waals surface area contributed by atoms with Crippen molar-refractivity contribution in [2.45, 2.75) is 37.7 Å². The molecule has 1 aromatic rings. The van der Waals surface area contributed by atoms with Crippen LogP contribution in [0.25, 0.3) is 0 Å². The summed E-state index contributed by atoms with van der Waals surface area (Å²) in [6, 6.07) is 9.63. The summed E-state index contributed by atoms with van der Waals surface area (Å²) in [5, 5.41) is 9.49. The van der Waals surface area contributed by atoms with Crippen molar-refractivity contribution in [1.29, 1.82) is 0 Å². The molecule has 23 heavy (non-hydrogen) atoms. The Morgan fingerprint density at radius 3 is 2.65 bits per heavy atom. The third-order valence-electron chi connectivity index (χ3n) is 4.92. The van der Waals surface area contributed by atoms with Gasteiger partial charge in [-0.05, 0) is 24.8 Å². The highest BCUT2D eigenvalue weighted by molar-refractivity contribution is 5.79. The summed E-state index contributed by atoms with van der Waals surface area (Å²) in [6.07, 6.45) is 3.47. The topological polar surface area (TPSA) is 66.8 Å². The van der Waals surface area contributed by atoms with Crippen LogP contribution in [-0.2, 0) is 14.3 Å². The number of carbonyl (C=O) groups excluding carboxylic acids is 1. The molecule has 1 amide bonds. The molecule has 3 rings (SSSR count). The molecule has 2 saturated heterocycles. The van der Waals surface area contributed by atoms with E-state index in [2.05, 4.69) is 0 Å². The van der Waals surface area contributed by atoms with E-state index in [4.69, 9.17) is 4.74 Å². The molecular formula is C18H23NO4. The SMILES string of the molecule is O=C(O)[C@@H]1CN(C(=O)CCC2CCCO2)C[C@@H]1c1ccccc1. The lowest BCUT2D eigenvalue weighted by Crippen LogP contribution is -2.30. The first-order valence-electron chi connectivity index (χ1n) is 8.32. The summed E-state index contributed by atoms with van der Waals surface area (Å²) in [5.41, 5.74) is 0.995. The summed E-state index contributed by atoms with van der Waals surface area (Å²) in [5.74, 6) is -1.43. The van der Waals surface area contributed by atoms with E-state index in [0.717, 1.165) is 31.4 Å². The lowest BCUT2D eigenvalue weighted by Gasteiger charge is -2.17. The maximum absolute atomic E-state index is 12.4. The average molecular weight is 317 g/mol. The second kappa shape index (κ2) is 7.13. The molecule has 2 aliphatic heterocycles. The first kappa shape index (κ1) is 16.0. The Kier molecular flexibility index (Phi) is 4.96. The summed E-state index contributed by atoms with van der Waals surface area (Å²) in [4.78, 5) is 25.7. The number of hydrogen-bond acceptors (Lipinski definition) is 3. The highest BCUT2D eigenvalue weighted by atomic mass is 16.5. The summed E-state index contributed by atoms with van der Waals surface area (Å²) >= 11 is 0. The molecule has 0 aliphatic carbocycles. The fraction of sp³-hybridized carbons (Fsp3) is 0.556. The van der Waals surface area contributed by atoms with Gasteiger partial charge in [0.25, 0.3) is 0 Å². The van der Waals surface area contributed by atoms with Crippen molar-refractivity contribution in [1.82, 2.24) is 4.90 Å². The molecule has 2 heterocycles. The molecule has 1 unspecified atom stereocenters. The van der Waals surface area contributed by atoms with E-state index in [1.165, 1.54) is 0 Å². The largest absolute Gasteiger partial charge is 0.481 e. The zero-order chi connectivity index (χ0) is 16.2. The number of ether oxygens (including phenoxy) is 1. The molecule has 0 aromatic heterocycles. The van der Waals surface area contributed by atoms with Crippen LogP contribution in [0.5, 0.6) is 0 Å². The molecular weight excluding hydrogens is 294 g/mol. The molecule has 0 bridgehead atoms. The number of carboxylic acids is 1.